The molecule has 0 aromatic carbocycles. The molecule has 0 atom stereocenters. The van der Waals surface area contributed by atoms with Gasteiger partial charge >= 0.3 is 0 Å². The van der Waals surface area contributed by atoms with Crippen molar-refractivity contribution >= 4 is 11.6 Å². The molecular formula is C16H27N3O. The molecule has 1 N–H and O–H groups in total. The largest absolute Gasteiger partial charge is 0.370 e. The van der Waals surface area contributed by atoms with Crippen molar-refractivity contribution in [3.63, 3.8) is 0 Å². The number of nitrogens with zero attached hydrogens (tertiary/aromatic N) is 2. The van der Waals surface area contributed by atoms with Gasteiger partial charge in [-0.2, -0.15) is 0 Å². The molecule has 0 aliphatic heterocycles. The summed E-state index contributed by atoms with van der Waals surface area (Å²) in [6.45, 7) is 12.2. The van der Waals surface area contributed by atoms with Crippen molar-refractivity contribution < 1.29 is 4.79 Å². The van der Waals surface area contributed by atoms with Gasteiger partial charge in [0.2, 0.25) is 0 Å². The van der Waals surface area contributed by atoms with Crippen LogP contribution in [0.4, 0.5) is 5.69 Å². The van der Waals surface area contributed by atoms with Gasteiger partial charge in [0.15, 0.2) is 0 Å². The highest BCUT2D eigenvalue weighted by molar-refractivity contribution is 5.95. The summed E-state index contributed by atoms with van der Waals surface area (Å²) in [5.74, 6) is -0.0696. The summed E-state index contributed by atoms with van der Waals surface area (Å²) in [5.41, 5.74) is 1.41. The summed E-state index contributed by atoms with van der Waals surface area (Å²) in [7, 11) is 0. The highest BCUT2D eigenvalue weighted by Gasteiger charge is 2.16. The Kier molecular flexibility index (Phi) is 5.99. The number of carbonyl (C=O) groups is 1. The molecule has 1 aromatic rings. The highest BCUT2D eigenvalue weighted by atomic mass is 16.1. The fourth-order valence-electron chi connectivity index (χ4n) is 2.05. The molecule has 0 radical (unpaired) electrons. The van der Waals surface area contributed by atoms with Crippen molar-refractivity contribution in [3.05, 3.63) is 24.0 Å². The van der Waals surface area contributed by atoms with Gasteiger partial charge in [0.05, 0.1) is 17.4 Å². The van der Waals surface area contributed by atoms with Gasteiger partial charge in [-0.15, -0.1) is 0 Å². The third-order valence-corrected chi connectivity index (χ3v) is 2.83. The van der Waals surface area contributed by atoms with E-state index in [0.29, 0.717) is 5.56 Å². The molecule has 0 unspecified atom stereocenters. The average molecular weight is 277 g/mol. The predicted octanol–water partition coefficient (Wildman–Crippen LogP) is 3.24. The summed E-state index contributed by atoms with van der Waals surface area (Å²) < 4.78 is 0. The molecule has 20 heavy (non-hydrogen) atoms. The second-order valence-electron chi connectivity index (χ2n) is 6.12. The molecule has 0 bridgehead atoms. The lowest BCUT2D eigenvalue weighted by atomic mass is 10.1. The van der Waals surface area contributed by atoms with Crippen LogP contribution in [0.3, 0.4) is 0 Å². The summed E-state index contributed by atoms with van der Waals surface area (Å²) in [5, 5.41) is 2.97. The Morgan fingerprint density at radius 2 is 1.80 bits per heavy atom. The van der Waals surface area contributed by atoms with Crippen molar-refractivity contribution in [1.29, 1.82) is 0 Å². The Hall–Kier alpha value is -1.58. The van der Waals surface area contributed by atoms with Gasteiger partial charge in [-0.25, -0.2) is 0 Å². The van der Waals surface area contributed by atoms with E-state index < -0.39 is 0 Å². The van der Waals surface area contributed by atoms with Crippen LogP contribution < -0.4 is 10.2 Å². The van der Waals surface area contributed by atoms with E-state index in [9.17, 15) is 4.79 Å². The van der Waals surface area contributed by atoms with Crippen molar-refractivity contribution in [2.75, 3.05) is 18.0 Å². The third-order valence-electron chi connectivity index (χ3n) is 2.83. The molecular weight excluding hydrogens is 250 g/mol. The van der Waals surface area contributed by atoms with Crippen LogP contribution in [0.1, 0.15) is 57.8 Å². The fourth-order valence-corrected chi connectivity index (χ4v) is 2.05. The van der Waals surface area contributed by atoms with E-state index >= 15 is 0 Å². The van der Waals surface area contributed by atoms with Crippen LogP contribution in [-0.2, 0) is 0 Å². The molecule has 0 aliphatic rings. The molecule has 0 spiro atoms. The fraction of sp³-hybridized carbons (Fsp3) is 0.625. The number of amides is 1. The van der Waals surface area contributed by atoms with Gasteiger partial charge in [-0.1, -0.05) is 13.8 Å². The number of hydrogen-bond donors (Lipinski definition) is 1. The van der Waals surface area contributed by atoms with E-state index in [1.54, 1.807) is 6.20 Å². The van der Waals surface area contributed by atoms with E-state index in [1.807, 2.05) is 33.0 Å². The Bertz CT molecular complexity index is 432. The van der Waals surface area contributed by atoms with E-state index in [0.717, 1.165) is 31.6 Å². The van der Waals surface area contributed by atoms with Crippen molar-refractivity contribution in [2.24, 2.45) is 0 Å². The first kappa shape index (κ1) is 16.5. The molecule has 1 rings (SSSR count). The van der Waals surface area contributed by atoms with Crippen molar-refractivity contribution in [3.8, 4) is 0 Å². The van der Waals surface area contributed by atoms with Crippen molar-refractivity contribution in [2.45, 2.75) is 53.0 Å². The number of aromatic nitrogens is 1. The van der Waals surface area contributed by atoms with E-state index in [-0.39, 0.29) is 11.4 Å². The molecule has 1 heterocycles. The van der Waals surface area contributed by atoms with Gasteiger partial charge in [0.25, 0.3) is 5.91 Å². The quantitative estimate of drug-likeness (QED) is 0.868. The zero-order valence-electron chi connectivity index (χ0n) is 13.4. The minimum Gasteiger partial charge on any atom is -0.370 e. The van der Waals surface area contributed by atoms with Crippen LogP contribution in [0.5, 0.6) is 0 Å². The molecule has 112 valence electrons. The zero-order valence-corrected chi connectivity index (χ0v) is 13.4. The second-order valence-corrected chi connectivity index (χ2v) is 6.12. The Morgan fingerprint density at radius 3 is 2.30 bits per heavy atom. The first-order chi connectivity index (χ1) is 9.37. The molecule has 0 aliphatic carbocycles. The van der Waals surface area contributed by atoms with E-state index in [4.69, 9.17) is 0 Å². The van der Waals surface area contributed by atoms with Crippen LogP contribution in [0.15, 0.2) is 18.5 Å². The maximum atomic E-state index is 12.2. The second kappa shape index (κ2) is 7.27. The van der Waals surface area contributed by atoms with Gasteiger partial charge < -0.3 is 10.2 Å². The maximum Gasteiger partial charge on any atom is 0.253 e. The minimum absolute atomic E-state index is 0.0696. The predicted molar refractivity (Wildman–Crippen MR) is 84.3 cm³/mol. The molecule has 4 nitrogen and oxygen atoms in total. The van der Waals surface area contributed by atoms with Crippen LogP contribution in [-0.4, -0.2) is 29.5 Å². The molecule has 1 amide bonds. The highest BCUT2D eigenvalue weighted by Crippen LogP contribution is 2.16. The Balaban J connectivity index is 2.91. The maximum absolute atomic E-state index is 12.2. The van der Waals surface area contributed by atoms with Crippen LogP contribution in [0, 0.1) is 0 Å². The lowest BCUT2D eigenvalue weighted by molar-refractivity contribution is 0.0919. The van der Waals surface area contributed by atoms with Gasteiger partial charge in [0, 0.05) is 24.8 Å². The number of anilines is 1. The first-order valence-corrected chi connectivity index (χ1v) is 7.40. The molecule has 1 aromatic heterocycles. The van der Waals surface area contributed by atoms with E-state index in [1.165, 1.54) is 0 Å². The number of hydrogen-bond acceptors (Lipinski definition) is 3. The van der Waals surface area contributed by atoms with E-state index in [2.05, 4.69) is 29.0 Å². The standard InChI is InChI=1S/C16H27N3O/c1-6-8-19(9-7-2)14-10-13(11-17-12-14)15(20)18-16(3,4)5/h10-12H,6-9H2,1-5H3,(H,18,20). The normalized spacial score (nSPS) is 11.2. The van der Waals surface area contributed by atoms with Gasteiger partial charge in [-0.3, -0.25) is 9.78 Å². The molecule has 0 fully saturated rings. The van der Waals surface area contributed by atoms with Crippen molar-refractivity contribution in [1.82, 2.24) is 10.3 Å². The summed E-state index contributed by atoms with van der Waals surface area (Å²) in [6.07, 6.45) is 5.62. The minimum atomic E-state index is -0.236. The number of carbonyl (C=O) groups excluding carboxylic acids is 1. The average Bonchev–Trinajstić information content (AvgIpc) is 2.37. The Labute approximate surface area is 122 Å². The lowest BCUT2D eigenvalue weighted by Crippen LogP contribution is -2.40. The van der Waals surface area contributed by atoms with Crippen LogP contribution in [0.2, 0.25) is 0 Å². The first-order valence-electron chi connectivity index (χ1n) is 7.40. The Morgan fingerprint density at radius 1 is 1.20 bits per heavy atom. The SMILES string of the molecule is CCCN(CCC)c1cncc(C(=O)NC(C)(C)C)c1. The van der Waals surface area contributed by atoms with Crippen LogP contribution >= 0.6 is 0 Å². The number of nitrogens with one attached hydrogen (secondary N) is 1. The number of pyridine rings is 1. The monoisotopic (exact) mass is 277 g/mol. The summed E-state index contributed by atoms with van der Waals surface area (Å²) in [4.78, 5) is 18.7. The smallest absolute Gasteiger partial charge is 0.253 e. The third kappa shape index (κ3) is 5.19. The molecule has 0 saturated carbocycles. The lowest BCUT2D eigenvalue weighted by Gasteiger charge is -2.24. The van der Waals surface area contributed by atoms with Crippen LogP contribution in [0.25, 0.3) is 0 Å². The summed E-state index contributed by atoms with van der Waals surface area (Å²) >= 11 is 0. The van der Waals surface area contributed by atoms with Gasteiger partial charge in [0.1, 0.15) is 0 Å². The topological polar surface area (TPSA) is 45.2 Å². The summed E-state index contributed by atoms with van der Waals surface area (Å²) in [6, 6.07) is 1.93. The number of rotatable bonds is 6. The molecule has 0 saturated heterocycles. The van der Waals surface area contributed by atoms with Gasteiger partial charge in [-0.05, 0) is 39.7 Å². The zero-order chi connectivity index (χ0) is 15.2. The molecule has 4 heteroatoms.